The molecule has 0 fully saturated rings. The van der Waals surface area contributed by atoms with Gasteiger partial charge in [-0.15, -0.1) is 0 Å². The number of nitrogens with two attached hydrogens (primary N) is 1. The molecule has 0 unspecified atom stereocenters. The van der Waals surface area contributed by atoms with Gasteiger partial charge in [-0.25, -0.2) is 9.18 Å². The first kappa shape index (κ1) is 9.50. The van der Waals surface area contributed by atoms with Crippen molar-refractivity contribution in [1.29, 1.82) is 0 Å². The monoisotopic (exact) mass is 187 g/mol. The van der Waals surface area contributed by atoms with E-state index in [0.717, 1.165) is 0 Å². The van der Waals surface area contributed by atoms with E-state index in [1.54, 1.807) is 7.05 Å². The Kier molecular flexibility index (Phi) is 2.84. The van der Waals surface area contributed by atoms with Crippen LogP contribution in [-0.2, 0) is 11.8 Å². The molecule has 0 saturated heterocycles. The summed E-state index contributed by atoms with van der Waals surface area (Å²) in [5.74, 6) is -0.438. The minimum absolute atomic E-state index is 0.163. The number of anilines is 1. The highest BCUT2D eigenvalue weighted by molar-refractivity contribution is 5.93. The second kappa shape index (κ2) is 3.88. The molecule has 0 bridgehead atoms. The number of carbonyl (C=O) groups excluding carboxylic acids is 1. The van der Waals surface area contributed by atoms with Gasteiger partial charge in [0, 0.05) is 7.05 Å². The Morgan fingerprint density at radius 2 is 2.54 bits per heavy atom. The fraction of sp³-hybridized carbons (Fsp3) is 0.429. The predicted molar refractivity (Wildman–Crippen MR) is 43.9 cm³/mol. The SMILES string of the molecule is Cn1ncc(C(=O)OCCF)c1N. The molecular weight excluding hydrogens is 177 g/mol. The van der Waals surface area contributed by atoms with E-state index in [1.807, 2.05) is 0 Å². The van der Waals surface area contributed by atoms with Gasteiger partial charge in [0.15, 0.2) is 0 Å². The molecule has 1 rings (SSSR count). The average molecular weight is 187 g/mol. The lowest BCUT2D eigenvalue weighted by Crippen LogP contribution is -2.09. The quantitative estimate of drug-likeness (QED) is 0.683. The number of hydrogen-bond acceptors (Lipinski definition) is 4. The van der Waals surface area contributed by atoms with E-state index in [2.05, 4.69) is 9.84 Å². The zero-order valence-corrected chi connectivity index (χ0v) is 7.16. The molecule has 0 amide bonds. The normalized spacial score (nSPS) is 10.0. The van der Waals surface area contributed by atoms with E-state index >= 15 is 0 Å². The lowest BCUT2D eigenvalue weighted by Gasteiger charge is -2.00. The number of aryl methyl sites for hydroxylation is 1. The maximum absolute atomic E-state index is 11.6. The predicted octanol–water partition coefficient (Wildman–Crippen LogP) is 0.129. The number of ether oxygens (including phenoxy) is 1. The van der Waals surface area contributed by atoms with E-state index < -0.39 is 12.6 Å². The number of hydrogen-bond donors (Lipinski definition) is 1. The van der Waals surface area contributed by atoms with Crippen LogP contribution >= 0.6 is 0 Å². The zero-order valence-electron chi connectivity index (χ0n) is 7.16. The van der Waals surface area contributed by atoms with E-state index in [1.165, 1.54) is 10.9 Å². The number of halogens is 1. The second-order valence-corrected chi connectivity index (χ2v) is 2.39. The summed E-state index contributed by atoms with van der Waals surface area (Å²) in [4.78, 5) is 11.1. The summed E-state index contributed by atoms with van der Waals surface area (Å²) >= 11 is 0. The summed E-state index contributed by atoms with van der Waals surface area (Å²) < 4.78 is 17.5. The van der Waals surface area contributed by atoms with Crippen LogP contribution in [0.2, 0.25) is 0 Å². The van der Waals surface area contributed by atoms with Crippen molar-refractivity contribution in [3.8, 4) is 0 Å². The van der Waals surface area contributed by atoms with Gasteiger partial charge in [-0.3, -0.25) is 4.68 Å². The molecule has 0 saturated carbocycles. The fourth-order valence-electron chi connectivity index (χ4n) is 0.813. The molecule has 0 aliphatic rings. The molecule has 2 N–H and O–H groups in total. The molecule has 0 atom stereocenters. The molecule has 0 aliphatic heterocycles. The van der Waals surface area contributed by atoms with Crippen molar-refractivity contribution in [2.45, 2.75) is 0 Å². The van der Waals surface area contributed by atoms with Crippen LogP contribution in [0.3, 0.4) is 0 Å². The van der Waals surface area contributed by atoms with Crippen LogP contribution in [0.4, 0.5) is 10.2 Å². The standard InChI is InChI=1S/C7H10FN3O2/c1-11-6(9)5(4-10-11)7(12)13-3-2-8/h4H,2-3,9H2,1H3. The minimum atomic E-state index is -0.702. The fourth-order valence-corrected chi connectivity index (χ4v) is 0.813. The van der Waals surface area contributed by atoms with Gasteiger partial charge >= 0.3 is 5.97 Å². The van der Waals surface area contributed by atoms with Crippen molar-refractivity contribution in [3.05, 3.63) is 11.8 Å². The Morgan fingerprint density at radius 1 is 1.85 bits per heavy atom. The number of nitrogens with zero attached hydrogens (tertiary/aromatic N) is 2. The molecule has 1 heterocycles. The molecule has 6 heteroatoms. The van der Waals surface area contributed by atoms with Crippen LogP contribution in [0.25, 0.3) is 0 Å². The van der Waals surface area contributed by atoms with E-state index in [4.69, 9.17) is 5.73 Å². The third kappa shape index (κ3) is 1.95. The first-order valence-corrected chi connectivity index (χ1v) is 3.67. The van der Waals surface area contributed by atoms with Crippen molar-refractivity contribution in [1.82, 2.24) is 9.78 Å². The molecular formula is C7H10FN3O2. The molecule has 0 spiro atoms. The summed E-state index contributed by atoms with van der Waals surface area (Å²) in [6, 6.07) is 0. The van der Waals surface area contributed by atoms with E-state index in [-0.39, 0.29) is 18.0 Å². The van der Waals surface area contributed by atoms with Gasteiger partial charge in [0.2, 0.25) is 0 Å². The zero-order chi connectivity index (χ0) is 9.84. The first-order valence-electron chi connectivity index (χ1n) is 3.67. The maximum atomic E-state index is 11.6. The molecule has 72 valence electrons. The summed E-state index contributed by atoms with van der Waals surface area (Å²) in [6.07, 6.45) is 1.29. The van der Waals surface area contributed by atoms with Crippen LogP contribution in [0, 0.1) is 0 Å². The van der Waals surface area contributed by atoms with Crippen molar-refractivity contribution < 1.29 is 13.9 Å². The first-order chi connectivity index (χ1) is 6.16. The van der Waals surface area contributed by atoms with Gasteiger partial charge in [-0.1, -0.05) is 0 Å². The number of carbonyl (C=O) groups is 1. The van der Waals surface area contributed by atoms with Gasteiger partial charge in [0.05, 0.1) is 6.20 Å². The lowest BCUT2D eigenvalue weighted by molar-refractivity contribution is 0.0482. The number of aromatic nitrogens is 2. The topological polar surface area (TPSA) is 70.1 Å². The second-order valence-electron chi connectivity index (χ2n) is 2.39. The molecule has 0 aliphatic carbocycles. The van der Waals surface area contributed by atoms with Gasteiger partial charge < -0.3 is 10.5 Å². The van der Waals surface area contributed by atoms with Crippen LogP contribution in [0.1, 0.15) is 10.4 Å². The highest BCUT2D eigenvalue weighted by Crippen LogP contribution is 2.10. The van der Waals surface area contributed by atoms with Gasteiger partial charge in [0.25, 0.3) is 0 Å². The van der Waals surface area contributed by atoms with Crippen molar-refractivity contribution >= 4 is 11.8 Å². The van der Waals surface area contributed by atoms with Crippen LogP contribution in [-0.4, -0.2) is 29.0 Å². The Hall–Kier alpha value is -1.59. The maximum Gasteiger partial charge on any atom is 0.343 e. The number of esters is 1. The molecule has 1 aromatic rings. The van der Waals surface area contributed by atoms with Crippen molar-refractivity contribution in [3.63, 3.8) is 0 Å². The summed E-state index contributed by atoms with van der Waals surface area (Å²) in [6.45, 7) is -0.959. The van der Waals surface area contributed by atoms with Crippen LogP contribution in [0.5, 0.6) is 0 Å². The minimum Gasteiger partial charge on any atom is -0.459 e. The summed E-state index contributed by atoms with van der Waals surface area (Å²) in [5.41, 5.74) is 5.64. The van der Waals surface area contributed by atoms with Gasteiger partial charge in [-0.05, 0) is 0 Å². The van der Waals surface area contributed by atoms with Crippen LogP contribution in [0.15, 0.2) is 6.20 Å². The number of alkyl halides is 1. The summed E-state index contributed by atoms with van der Waals surface area (Å²) in [5, 5.41) is 3.74. The molecule has 0 aromatic carbocycles. The Morgan fingerprint density at radius 3 is 3.00 bits per heavy atom. The third-order valence-corrected chi connectivity index (χ3v) is 1.51. The highest BCUT2D eigenvalue weighted by atomic mass is 19.1. The van der Waals surface area contributed by atoms with Gasteiger partial charge in [-0.2, -0.15) is 5.10 Å². The van der Waals surface area contributed by atoms with E-state index in [0.29, 0.717) is 0 Å². The summed E-state index contributed by atoms with van der Waals surface area (Å²) in [7, 11) is 1.60. The van der Waals surface area contributed by atoms with Crippen LogP contribution < -0.4 is 5.73 Å². The Labute approximate surface area is 74.3 Å². The smallest absolute Gasteiger partial charge is 0.343 e. The molecule has 13 heavy (non-hydrogen) atoms. The lowest BCUT2D eigenvalue weighted by atomic mass is 10.3. The largest absolute Gasteiger partial charge is 0.459 e. The molecule has 0 radical (unpaired) electrons. The Balaban J connectivity index is 2.71. The molecule has 5 nitrogen and oxygen atoms in total. The van der Waals surface area contributed by atoms with Gasteiger partial charge in [0.1, 0.15) is 24.7 Å². The van der Waals surface area contributed by atoms with E-state index in [9.17, 15) is 9.18 Å². The Bertz CT molecular complexity index is 311. The number of rotatable bonds is 3. The van der Waals surface area contributed by atoms with Crippen molar-refractivity contribution in [2.75, 3.05) is 19.0 Å². The van der Waals surface area contributed by atoms with Crippen molar-refractivity contribution in [2.24, 2.45) is 7.05 Å². The highest BCUT2D eigenvalue weighted by Gasteiger charge is 2.14. The molecule has 1 aromatic heterocycles. The average Bonchev–Trinajstić information content (AvgIpc) is 2.44. The third-order valence-electron chi connectivity index (χ3n) is 1.51. The number of nitrogen functional groups attached to an aromatic ring is 1.